The largest absolute Gasteiger partial charge is 0.427 e. The van der Waals surface area contributed by atoms with Crippen LogP contribution in [0.1, 0.15) is 18.1 Å². The van der Waals surface area contributed by atoms with E-state index in [0.29, 0.717) is 10.8 Å². The zero-order chi connectivity index (χ0) is 16.8. The third-order valence-electron chi connectivity index (χ3n) is 3.25. The zero-order valence-corrected chi connectivity index (χ0v) is 14.3. The van der Waals surface area contributed by atoms with Crippen LogP contribution in [-0.2, 0) is 4.79 Å². The molecular formula is C19H20ClNO2. The Balaban J connectivity index is 2.40. The number of benzene rings is 2. The second kappa shape index (κ2) is 7.95. The molecule has 4 heteroatoms. The molecule has 3 nitrogen and oxygen atoms in total. The Hall–Kier alpha value is -2.10. The monoisotopic (exact) mass is 329 g/mol. The fourth-order valence-corrected chi connectivity index (χ4v) is 2.44. The highest BCUT2D eigenvalue weighted by Crippen LogP contribution is 2.30. The maximum atomic E-state index is 11.0. The molecule has 0 amide bonds. The molecule has 2 aromatic carbocycles. The van der Waals surface area contributed by atoms with Crippen molar-refractivity contribution in [3.63, 3.8) is 0 Å². The highest BCUT2D eigenvalue weighted by Gasteiger charge is 2.09. The lowest BCUT2D eigenvalue weighted by Crippen LogP contribution is -2.11. The number of esters is 1. The van der Waals surface area contributed by atoms with Crippen molar-refractivity contribution >= 4 is 23.1 Å². The lowest BCUT2D eigenvalue weighted by molar-refractivity contribution is -0.131. The van der Waals surface area contributed by atoms with Crippen molar-refractivity contribution in [2.24, 2.45) is 0 Å². The first kappa shape index (κ1) is 17.3. The molecule has 0 aliphatic carbocycles. The smallest absolute Gasteiger partial charge is 0.308 e. The molecule has 0 bridgehead atoms. The summed E-state index contributed by atoms with van der Waals surface area (Å²) in [4.78, 5) is 13.1. The van der Waals surface area contributed by atoms with Gasteiger partial charge in [0.05, 0.1) is 0 Å². The minimum atomic E-state index is -0.327. The summed E-state index contributed by atoms with van der Waals surface area (Å²) in [5.74, 6) is 0.208. The van der Waals surface area contributed by atoms with E-state index >= 15 is 0 Å². The number of carbonyl (C=O) groups is 1. The second-order valence-corrected chi connectivity index (χ2v) is 5.89. The van der Waals surface area contributed by atoms with E-state index in [2.05, 4.69) is 11.0 Å². The molecule has 0 aliphatic heterocycles. The first-order valence-electron chi connectivity index (χ1n) is 7.36. The van der Waals surface area contributed by atoms with Crippen molar-refractivity contribution in [1.82, 2.24) is 4.90 Å². The van der Waals surface area contributed by atoms with Crippen molar-refractivity contribution in [3.8, 4) is 5.75 Å². The van der Waals surface area contributed by atoms with Crippen LogP contribution < -0.4 is 4.74 Å². The van der Waals surface area contributed by atoms with Gasteiger partial charge in [-0.15, -0.1) is 0 Å². The number of carbonyl (C=O) groups excluding carboxylic acids is 1. The molecule has 0 heterocycles. The van der Waals surface area contributed by atoms with E-state index in [-0.39, 0.29) is 5.97 Å². The maximum Gasteiger partial charge on any atom is 0.308 e. The van der Waals surface area contributed by atoms with E-state index in [0.717, 1.165) is 23.2 Å². The van der Waals surface area contributed by atoms with Crippen molar-refractivity contribution in [2.75, 3.05) is 20.6 Å². The van der Waals surface area contributed by atoms with Gasteiger partial charge in [0.1, 0.15) is 5.75 Å². The van der Waals surface area contributed by atoms with E-state index in [4.69, 9.17) is 16.3 Å². The molecule has 0 atom stereocenters. The lowest BCUT2D eigenvalue weighted by Gasteiger charge is -2.13. The quantitative estimate of drug-likeness (QED) is 0.606. The van der Waals surface area contributed by atoms with Crippen LogP contribution in [0.15, 0.2) is 54.6 Å². The van der Waals surface area contributed by atoms with Crippen molar-refractivity contribution in [3.05, 3.63) is 70.8 Å². The van der Waals surface area contributed by atoms with Gasteiger partial charge in [0.25, 0.3) is 0 Å². The summed E-state index contributed by atoms with van der Waals surface area (Å²) in [6, 6.07) is 15.2. The van der Waals surface area contributed by atoms with Crippen LogP contribution in [0.3, 0.4) is 0 Å². The van der Waals surface area contributed by atoms with Gasteiger partial charge in [0.2, 0.25) is 0 Å². The molecule has 0 saturated carbocycles. The molecule has 0 aliphatic rings. The zero-order valence-electron chi connectivity index (χ0n) is 13.5. The molecular weight excluding hydrogens is 310 g/mol. The number of halogens is 1. The predicted octanol–water partition coefficient (Wildman–Crippen LogP) is 4.26. The standard InChI is InChI=1S/C19H20ClNO2/c1-14(22)23-16-10-8-15(9-11-16)17(12-13-21(2)3)18-6-4-5-7-19(18)20/h4-12H,13H2,1-3H3/b17-12+. The van der Waals surface area contributed by atoms with Crippen LogP contribution in [0.5, 0.6) is 5.75 Å². The van der Waals surface area contributed by atoms with Crippen molar-refractivity contribution in [2.45, 2.75) is 6.92 Å². The van der Waals surface area contributed by atoms with E-state index in [1.807, 2.05) is 50.5 Å². The fourth-order valence-electron chi connectivity index (χ4n) is 2.21. The fraction of sp³-hybridized carbons (Fsp3) is 0.211. The first-order valence-corrected chi connectivity index (χ1v) is 7.74. The first-order chi connectivity index (χ1) is 11.0. The normalized spacial score (nSPS) is 11.6. The summed E-state index contributed by atoms with van der Waals surface area (Å²) in [5, 5.41) is 0.710. The Kier molecular flexibility index (Phi) is 5.97. The molecule has 23 heavy (non-hydrogen) atoms. The lowest BCUT2D eigenvalue weighted by atomic mass is 9.97. The minimum Gasteiger partial charge on any atom is -0.427 e. The van der Waals surface area contributed by atoms with Crippen LogP contribution in [0, 0.1) is 0 Å². The Morgan fingerprint density at radius 3 is 2.35 bits per heavy atom. The van der Waals surface area contributed by atoms with Gasteiger partial charge >= 0.3 is 5.97 Å². The summed E-state index contributed by atoms with van der Waals surface area (Å²) in [5.41, 5.74) is 3.06. The van der Waals surface area contributed by atoms with E-state index in [9.17, 15) is 4.79 Å². The SMILES string of the molecule is CC(=O)Oc1ccc(/C(=C\CN(C)C)c2ccccc2Cl)cc1. The number of likely N-dealkylation sites (N-methyl/N-ethyl adjacent to an activating group) is 1. The van der Waals surface area contributed by atoms with E-state index < -0.39 is 0 Å². The second-order valence-electron chi connectivity index (χ2n) is 5.48. The Morgan fingerprint density at radius 1 is 1.13 bits per heavy atom. The molecule has 0 fully saturated rings. The third-order valence-corrected chi connectivity index (χ3v) is 3.58. The Morgan fingerprint density at radius 2 is 1.78 bits per heavy atom. The van der Waals surface area contributed by atoms with Gasteiger partial charge in [-0.2, -0.15) is 0 Å². The molecule has 0 unspecified atom stereocenters. The van der Waals surface area contributed by atoms with Crippen LogP contribution in [0.25, 0.3) is 5.57 Å². The number of hydrogen-bond acceptors (Lipinski definition) is 3. The average molecular weight is 330 g/mol. The van der Waals surface area contributed by atoms with Gasteiger partial charge < -0.3 is 9.64 Å². The highest BCUT2D eigenvalue weighted by atomic mass is 35.5. The van der Waals surface area contributed by atoms with Gasteiger partial charge in [0.15, 0.2) is 0 Å². The summed E-state index contributed by atoms with van der Waals surface area (Å²) in [6.07, 6.45) is 2.14. The third kappa shape index (κ3) is 4.95. The van der Waals surface area contributed by atoms with Crippen molar-refractivity contribution < 1.29 is 9.53 Å². The van der Waals surface area contributed by atoms with Gasteiger partial charge in [-0.3, -0.25) is 4.79 Å². The predicted molar refractivity (Wildman–Crippen MR) is 94.8 cm³/mol. The van der Waals surface area contributed by atoms with Crippen LogP contribution in [0.4, 0.5) is 0 Å². The Bertz CT molecular complexity index is 706. The molecule has 0 aromatic heterocycles. The summed E-state index contributed by atoms with van der Waals surface area (Å²) in [7, 11) is 4.04. The number of nitrogens with zero attached hydrogens (tertiary/aromatic N) is 1. The van der Waals surface area contributed by atoms with Gasteiger partial charge in [0, 0.05) is 24.1 Å². The minimum absolute atomic E-state index is 0.327. The number of ether oxygens (including phenoxy) is 1. The van der Waals surface area contributed by atoms with Gasteiger partial charge in [-0.05, 0) is 43.4 Å². The topological polar surface area (TPSA) is 29.5 Å². The highest BCUT2D eigenvalue weighted by molar-refractivity contribution is 6.32. The molecule has 0 radical (unpaired) electrons. The van der Waals surface area contributed by atoms with Crippen LogP contribution in [0.2, 0.25) is 5.02 Å². The maximum absolute atomic E-state index is 11.0. The van der Waals surface area contributed by atoms with Gasteiger partial charge in [-0.1, -0.05) is 48.0 Å². The van der Waals surface area contributed by atoms with E-state index in [1.54, 1.807) is 12.1 Å². The molecule has 2 aromatic rings. The van der Waals surface area contributed by atoms with Crippen LogP contribution in [-0.4, -0.2) is 31.5 Å². The van der Waals surface area contributed by atoms with Crippen molar-refractivity contribution in [1.29, 1.82) is 0 Å². The van der Waals surface area contributed by atoms with E-state index in [1.165, 1.54) is 6.92 Å². The number of rotatable bonds is 5. The summed E-state index contributed by atoms with van der Waals surface area (Å²) < 4.78 is 5.08. The molecule has 0 saturated heterocycles. The molecule has 0 spiro atoms. The summed E-state index contributed by atoms with van der Waals surface area (Å²) >= 11 is 6.36. The molecule has 0 N–H and O–H groups in total. The van der Waals surface area contributed by atoms with Gasteiger partial charge in [-0.25, -0.2) is 0 Å². The number of hydrogen-bond donors (Lipinski definition) is 0. The Labute approximate surface area is 142 Å². The van der Waals surface area contributed by atoms with Crippen LogP contribution >= 0.6 is 11.6 Å². The molecule has 120 valence electrons. The molecule has 2 rings (SSSR count). The summed E-state index contributed by atoms with van der Waals surface area (Å²) in [6.45, 7) is 2.19. The average Bonchev–Trinajstić information content (AvgIpc) is 2.50.